The maximum atomic E-state index is 5.89. The third kappa shape index (κ3) is 2.91. The van der Waals surface area contributed by atoms with Gasteiger partial charge in [-0.3, -0.25) is 0 Å². The highest BCUT2D eigenvalue weighted by molar-refractivity contribution is 5.60. The number of nitrogen functional groups attached to an aromatic ring is 1. The van der Waals surface area contributed by atoms with E-state index in [1.807, 2.05) is 28.9 Å². The quantitative estimate of drug-likeness (QED) is 0.873. The Kier molecular flexibility index (Phi) is 4.18. The summed E-state index contributed by atoms with van der Waals surface area (Å²) in [6.45, 7) is 2.23. The number of rotatable bonds is 4. The van der Waals surface area contributed by atoms with Gasteiger partial charge in [0.1, 0.15) is 0 Å². The van der Waals surface area contributed by atoms with Gasteiger partial charge in [-0.05, 0) is 47.7 Å². The van der Waals surface area contributed by atoms with E-state index in [2.05, 4.69) is 22.4 Å². The van der Waals surface area contributed by atoms with Crippen LogP contribution in [0.15, 0.2) is 24.3 Å². The summed E-state index contributed by atoms with van der Waals surface area (Å²) >= 11 is 0. The molecule has 1 aromatic carbocycles. The molecule has 1 atom stereocenters. The second-order valence-electron chi connectivity index (χ2n) is 5.95. The fraction of sp³-hybridized carbons (Fsp3) is 0.562. The molecule has 2 N–H and O–H groups in total. The summed E-state index contributed by atoms with van der Waals surface area (Å²) in [6, 6.07) is 8.18. The second kappa shape index (κ2) is 6.24. The van der Waals surface area contributed by atoms with Crippen LogP contribution >= 0.6 is 0 Å². The van der Waals surface area contributed by atoms with Crippen molar-refractivity contribution in [2.24, 2.45) is 5.92 Å². The van der Waals surface area contributed by atoms with Gasteiger partial charge >= 0.3 is 0 Å². The van der Waals surface area contributed by atoms with Crippen molar-refractivity contribution in [1.29, 1.82) is 0 Å². The molecule has 0 saturated heterocycles. The van der Waals surface area contributed by atoms with E-state index in [1.165, 1.54) is 32.1 Å². The van der Waals surface area contributed by atoms with Gasteiger partial charge in [-0.1, -0.05) is 38.3 Å². The standard InChI is InChI=1S/C16H23N5/c1-2-15(12-7-4-3-5-8-12)21-16(18-19-20-21)13-9-6-10-14(17)11-13/h6,9-12,15H,2-5,7-8,17H2,1H3. The van der Waals surface area contributed by atoms with Gasteiger partial charge in [0.25, 0.3) is 0 Å². The zero-order valence-corrected chi connectivity index (χ0v) is 12.6. The van der Waals surface area contributed by atoms with E-state index >= 15 is 0 Å². The lowest BCUT2D eigenvalue weighted by Gasteiger charge is -2.29. The van der Waals surface area contributed by atoms with E-state index in [-0.39, 0.29) is 0 Å². The smallest absolute Gasteiger partial charge is 0.182 e. The molecular formula is C16H23N5. The van der Waals surface area contributed by atoms with Crippen molar-refractivity contribution in [3.63, 3.8) is 0 Å². The molecule has 21 heavy (non-hydrogen) atoms. The van der Waals surface area contributed by atoms with Crippen LogP contribution in [0.3, 0.4) is 0 Å². The number of tetrazole rings is 1. The molecule has 1 unspecified atom stereocenters. The Hall–Kier alpha value is -1.91. The topological polar surface area (TPSA) is 69.6 Å². The Labute approximate surface area is 125 Å². The number of aromatic nitrogens is 4. The number of hydrogen-bond acceptors (Lipinski definition) is 4. The molecule has 2 aromatic rings. The fourth-order valence-corrected chi connectivity index (χ4v) is 3.51. The third-order valence-electron chi connectivity index (χ3n) is 4.56. The first-order valence-electron chi connectivity index (χ1n) is 7.93. The van der Waals surface area contributed by atoms with E-state index in [0.29, 0.717) is 12.0 Å². The van der Waals surface area contributed by atoms with E-state index in [4.69, 9.17) is 5.73 Å². The van der Waals surface area contributed by atoms with E-state index < -0.39 is 0 Å². The van der Waals surface area contributed by atoms with Crippen molar-refractivity contribution in [3.05, 3.63) is 24.3 Å². The number of nitrogens with zero attached hydrogens (tertiary/aromatic N) is 4. The molecule has 1 heterocycles. The molecular weight excluding hydrogens is 262 g/mol. The summed E-state index contributed by atoms with van der Waals surface area (Å²) in [5.74, 6) is 1.52. The minimum Gasteiger partial charge on any atom is -0.399 e. The van der Waals surface area contributed by atoms with Gasteiger partial charge in [0, 0.05) is 11.3 Å². The SMILES string of the molecule is CCC(C1CCCCC1)n1nnnc1-c1cccc(N)c1. The molecule has 0 radical (unpaired) electrons. The van der Waals surface area contributed by atoms with Gasteiger partial charge in [-0.2, -0.15) is 0 Å². The molecule has 0 spiro atoms. The van der Waals surface area contributed by atoms with Crippen LogP contribution in [0.1, 0.15) is 51.5 Å². The van der Waals surface area contributed by atoms with Crippen molar-refractivity contribution >= 4 is 5.69 Å². The molecule has 0 aliphatic heterocycles. The molecule has 0 bridgehead atoms. The lowest BCUT2D eigenvalue weighted by molar-refractivity contribution is 0.228. The molecule has 3 rings (SSSR count). The van der Waals surface area contributed by atoms with Gasteiger partial charge < -0.3 is 5.73 Å². The van der Waals surface area contributed by atoms with Crippen LogP contribution in [-0.2, 0) is 0 Å². The van der Waals surface area contributed by atoms with Gasteiger partial charge in [-0.15, -0.1) is 5.10 Å². The van der Waals surface area contributed by atoms with Crippen molar-refractivity contribution in [2.45, 2.75) is 51.5 Å². The van der Waals surface area contributed by atoms with Crippen LogP contribution in [0.2, 0.25) is 0 Å². The van der Waals surface area contributed by atoms with Crippen molar-refractivity contribution in [3.8, 4) is 11.4 Å². The lowest BCUT2D eigenvalue weighted by Crippen LogP contribution is -2.23. The maximum Gasteiger partial charge on any atom is 0.182 e. The summed E-state index contributed by atoms with van der Waals surface area (Å²) in [5, 5.41) is 12.4. The Balaban J connectivity index is 1.93. The molecule has 1 fully saturated rings. The maximum absolute atomic E-state index is 5.89. The first kappa shape index (κ1) is 14.0. The van der Waals surface area contributed by atoms with Gasteiger partial charge in [-0.25, -0.2) is 4.68 Å². The van der Waals surface area contributed by atoms with Crippen LogP contribution in [0.25, 0.3) is 11.4 Å². The predicted molar refractivity (Wildman–Crippen MR) is 83.6 cm³/mol. The zero-order chi connectivity index (χ0) is 14.7. The van der Waals surface area contributed by atoms with Crippen molar-refractivity contribution < 1.29 is 0 Å². The van der Waals surface area contributed by atoms with Gasteiger partial charge in [0.15, 0.2) is 5.82 Å². The van der Waals surface area contributed by atoms with Crippen LogP contribution < -0.4 is 5.73 Å². The number of benzene rings is 1. The highest BCUT2D eigenvalue weighted by Gasteiger charge is 2.27. The van der Waals surface area contributed by atoms with Crippen LogP contribution in [0.4, 0.5) is 5.69 Å². The van der Waals surface area contributed by atoms with Crippen LogP contribution in [-0.4, -0.2) is 20.2 Å². The number of hydrogen-bond donors (Lipinski definition) is 1. The molecule has 1 aliphatic carbocycles. The predicted octanol–water partition coefficient (Wildman–Crippen LogP) is 3.45. The average molecular weight is 285 g/mol. The Bertz CT molecular complexity index is 586. The summed E-state index contributed by atoms with van der Waals surface area (Å²) in [6.07, 6.45) is 7.66. The first-order valence-corrected chi connectivity index (χ1v) is 7.93. The molecule has 1 saturated carbocycles. The highest BCUT2D eigenvalue weighted by Crippen LogP contribution is 2.36. The molecule has 5 heteroatoms. The monoisotopic (exact) mass is 285 g/mol. The first-order chi connectivity index (χ1) is 10.3. The van der Waals surface area contributed by atoms with E-state index in [1.54, 1.807) is 0 Å². The number of anilines is 1. The largest absolute Gasteiger partial charge is 0.399 e. The summed E-state index contributed by atoms with van der Waals surface area (Å²) in [4.78, 5) is 0. The minimum absolute atomic E-state index is 0.386. The van der Waals surface area contributed by atoms with Crippen molar-refractivity contribution in [1.82, 2.24) is 20.2 Å². The Morgan fingerprint density at radius 1 is 1.29 bits per heavy atom. The second-order valence-corrected chi connectivity index (χ2v) is 5.95. The molecule has 112 valence electrons. The lowest BCUT2D eigenvalue weighted by atomic mass is 9.83. The van der Waals surface area contributed by atoms with E-state index in [0.717, 1.165) is 23.5 Å². The summed E-state index contributed by atoms with van der Waals surface area (Å²) in [5.41, 5.74) is 7.63. The highest BCUT2D eigenvalue weighted by atomic mass is 15.5. The minimum atomic E-state index is 0.386. The van der Waals surface area contributed by atoms with Gasteiger partial charge in [0.2, 0.25) is 0 Å². The fourth-order valence-electron chi connectivity index (χ4n) is 3.51. The van der Waals surface area contributed by atoms with Crippen LogP contribution in [0, 0.1) is 5.92 Å². The number of nitrogens with two attached hydrogens (primary N) is 1. The molecule has 1 aliphatic rings. The van der Waals surface area contributed by atoms with Crippen LogP contribution in [0.5, 0.6) is 0 Å². The normalized spacial score (nSPS) is 17.8. The Morgan fingerprint density at radius 2 is 2.10 bits per heavy atom. The molecule has 1 aromatic heterocycles. The molecule has 5 nitrogen and oxygen atoms in total. The van der Waals surface area contributed by atoms with Crippen molar-refractivity contribution in [2.75, 3.05) is 5.73 Å². The summed E-state index contributed by atoms with van der Waals surface area (Å²) in [7, 11) is 0. The van der Waals surface area contributed by atoms with E-state index in [9.17, 15) is 0 Å². The third-order valence-corrected chi connectivity index (χ3v) is 4.56. The average Bonchev–Trinajstić information content (AvgIpc) is 2.98. The molecule has 0 amide bonds. The zero-order valence-electron chi connectivity index (χ0n) is 12.6. The Morgan fingerprint density at radius 3 is 2.81 bits per heavy atom. The summed E-state index contributed by atoms with van der Waals surface area (Å²) < 4.78 is 2.02. The van der Waals surface area contributed by atoms with Gasteiger partial charge in [0.05, 0.1) is 6.04 Å².